The smallest absolute Gasteiger partial charge is 0.391 e. The Hall–Kier alpha value is -2.71. The molecule has 188 valence electrons. The maximum Gasteiger partial charge on any atom is 0.391 e. The number of sulfonamides is 1. The number of halogens is 4. The van der Waals surface area contributed by atoms with Gasteiger partial charge in [-0.05, 0) is 25.0 Å². The molecule has 1 aromatic carbocycles. The molecule has 8 nitrogen and oxygen atoms in total. The van der Waals surface area contributed by atoms with Gasteiger partial charge in [-0.25, -0.2) is 17.8 Å². The Bertz CT molecular complexity index is 1280. The van der Waals surface area contributed by atoms with Crippen molar-refractivity contribution < 1.29 is 30.7 Å². The number of nitrogens with zero attached hydrogens (tertiary/aromatic N) is 3. The van der Waals surface area contributed by atoms with E-state index in [9.17, 15) is 21.6 Å². The fraction of sp³-hybridized carbons (Fsp3) is 0.429. The van der Waals surface area contributed by atoms with E-state index in [0.29, 0.717) is 17.7 Å². The highest BCUT2D eigenvalue weighted by Crippen LogP contribution is 2.48. The summed E-state index contributed by atoms with van der Waals surface area (Å²) in [6.45, 7) is 0.336. The summed E-state index contributed by atoms with van der Waals surface area (Å²) in [4.78, 5) is 5.16. The largest absolute Gasteiger partial charge is 0.493 e. The van der Waals surface area contributed by atoms with Gasteiger partial charge in [-0.3, -0.25) is 14.7 Å². The van der Waals surface area contributed by atoms with Gasteiger partial charge in [0, 0.05) is 48.4 Å². The van der Waals surface area contributed by atoms with Gasteiger partial charge in [0.15, 0.2) is 5.13 Å². The number of likely N-dealkylation sites (tertiary alicyclic amines) is 1. The SMILES string of the molecule is O=S(=O)(Nc1nccs1)c1cc2c(cc1F)[C@H](N1CC[C@H](C(F)(F)F)C[C@@H]1c1ccn[nH]1)CCO2. The number of anilines is 1. The number of piperidine rings is 1. The Kier molecular flexibility index (Phi) is 6.21. The number of benzene rings is 1. The molecule has 2 aliphatic rings. The molecule has 0 saturated carbocycles. The summed E-state index contributed by atoms with van der Waals surface area (Å²) in [6, 6.07) is 2.79. The third-order valence-electron chi connectivity index (χ3n) is 6.40. The minimum Gasteiger partial charge on any atom is -0.493 e. The highest BCUT2D eigenvalue weighted by atomic mass is 32.2. The van der Waals surface area contributed by atoms with Gasteiger partial charge in [0.25, 0.3) is 10.0 Å². The number of H-pyrrole nitrogens is 1. The number of hydrogen-bond acceptors (Lipinski definition) is 7. The van der Waals surface area contributed by atoms with Crippen LogP contribution in [0.25, 0.3) is 0 Å². The Morgan fingerprint density at radius 3 is 2.71 bits per heavy atom. The van der Waals surface area contributed by atoms with Crippen molar-refractivity contribution in [1.29, 1.82) is 0 Å². The van der Waals surface area contributed by atoms with Crippen molar-refractivity contribution in [1.82, 2.24) is 20.1 Å². The van der Waals surface area contributed by atoms with Crippen molar-refractivity contribution in [2.45, 2.75) is 42.4 Å². The first kappa shape index (κ1) is 24.0. The van der Waals surface area contributed by atoms with Crippen LogP contribution in [0.15, 0.2) is 40.9 Å². The van der Waals surface area contributed by atoms with Crippen LogP contribution in [0.3, 0.4) is 0 Å². The molecule has 0 bridgehead atoms. The molecule has 3 aromatic rings. The second-order valence-corrected chi connectivity index (χ2v) is 11.0. The minimum atomic E-state index is -4.32. The van der Waals surface area contributed by atoms with Crippen molar-refractivity contribution in [2.75, 3.05) is 17.9 Å². The van der Waals surface area contributed by atoms with E-state index in [1.165, 1.54) is 12.4 Å². The van der Waals surface area contributed by atoms with Gasteiger partial charge in [0.2, 0.25) is 0 Å². The average molecular weight is 532 g/mol. The molecule has 2 aliphatic heterocycles. The van der Waals surface area contributed by atoms with Crippen LogP contribution < -0.4 is 9.46 Å². The number of aromatic amines is 1. The zero-order valence-corrected chi connectivity index (χ0v) is 19.8. The van der Waals surface area contributed by atoms with E-state index < -0.39 is 44.9 Å². The fourth-order valence-electron chi connectivity index (χ4n) is 4.78. The Balaban J connectivity index is 1.48. The van der Waals surface area contributed by atoms with Gasteiger partial charge in [-0.15, -0.1) is 11.3 Å². The molecule has 14 heteroatoms. The number of aromatic nitrogens is 3. The molecule has 1 fully saturated rings. The van der Waals surface area contributed by atoms with Crippen molar-refractivity contribution in [3.8, 4) is 5.75 Å². The maximum absolute atomic E-state index is 15.2. The summed E-state index contributed by atoms with van der Waals surface area (Å²) < 4.78 is 89.2. The Morgan fingerprint density at radius 1 is 1.20 bits per heavy atom. The number of alkyl halides is 3. The van der Waals surface area contributed by atoms with E-state index in [0.717, 1.165) is 23.5 Å². The van der Waals surface area contributed by atoms with Crippen LogP contribution in [-0.4, -0.2) is 47.8 Å². The van der Waals surface area contributed by atoms with Crippen LogP contribution in [0.4, 0.5) is 22.7 Å². The molecule has 2 aromatic heterocycles. The molecule has 35 heavy (non-hydrogen) atoms. The lowest BCUT2D eigenvalue weighted by molar-refractivity contribution is -0.192. The third-order valence-corrected chi connectivity index (χ3v) is 8.58. The second kappa shape index (κ2) is 9.06. The van der Waals surface area contributed by atoms with Crippen LogP contribution in [0.5, 0.6) is 5.75 Å². The number of fused-ring (bicyclic) bond motifs is 1. The summed E-state index contributed by atoms with van der Waals surface area (Å²) >= 11 is 1.05. The molecular weight excluding hydrogens is 510 g/mol. The molecule has 0 spiro atoms. The molecule has 0 amide bonds. The Labute approximate surface area is 202 Å². The zero-order valence-electron chi connectivity index (χ0n) is 18.1. The summed E-state index contributed by atoms with van der Waals surface area (Å²) in [7, 11) is -4.27. The van der Waals surface area contributed by atoms with Gasteiger partial charge in [-0.1, -0.05) is 0 Å². The van der Waals surface area contributed by atoms with E-state index >= 15 is 4.39 Å². The molecule has 1 saturated heterocycles. The highest BCUT2D eigenvalue weighted by molar-refractivity contribution is 7.93. The van der Waals surface area contributed by atoms with E-state index in [2.05, 4.69) is 19.9 Å². The van der Waals surface area contributed by atoms with E-state index in [1.54, 1.807) is 11.4 Å². The average Bonchev–Trinajstić information content (AvgIpc) is 3.51. The lowest BCUT2D eigenvalue weighted by atomic mass is 9.85. The lowest BCUT2D eigenvalue weighted by Crippen LogP contribution is -2.44. The number of nitrogens with one attached hydrogen (secondary N) is 2. The Morgan fingerprint density at radius 2 is 2.03 bits per heavy atom. The molecule has 0 unspecified atom stereocenters. The third kappa shape index (κ3) is 4.74. The molecular formula is C21H21F4N5O3S2. The summed E-state index contributed by atoms with van der Waals surface area (Å²) in [6.07, 6.45) is -1.26. The predicted molar refractivity (Wildman–Crippen MR) is 119 cm³/mol. The monoisotopic (exact) mass is 531 g/mol. The lowest BCUT2D eigenvalue weighted by Gasteiger charge is -2.45. The molecule has 4 heterocycles. The van der Waals surface area contributed by atoms with E-state index in [-0.39, 0.29) is 36.9 Å². The highest BCUT2D eigenvalue weighted by Gasteiger charge is 2.47. The minimum absolute atomic E-state index is 0.0898. The quantitative estimate of drug-likeness (QED) is 0.465. The fourth-order valence-corrected chi connectivity index (χ4v) is 6.64. The number of ether oxygens (including phenoxy) is 1. The first-order valence-corrected chi connectivity index (χ1v) is 13.2. The van der Waals surface area contributed by atoms with Crippen molar-refractivity contribution in [3.05, 3.63) is 53.0 Å². The molecule has 5 rings (SSSR count). The first-order chi connectivity index (χ1) is 16.6. The van der Waals surface area contributed by atoms with Gasteiger partial charge >= 0.3 is 6.18 Å². The van der Waals surface area contributed by atoms with Crippen LogP contribution >= 0.6 is 11.3 Å². The molecule has 0 aliphatic carbocycles. The van der Waals surface area contributed by atoms with Crippen molar-refractivity contribution >= 4 is 26.5 Å². The van der Waals surface area contributed by atoms with Gasteiger partial charge < -0.3 is 4.74 Å². The first-order valence-electron chi connectivity index (χ1n) is 10.8. The number of thiazole rings is 1. The normalized spacial score (nSPS) is 23.5. The van der Waals surface area contributed by atoms with Crippen molar-refractivity contribution in [2.24, 2.45) is 5.92 Å². The topological polar surface area (TPSA) is 100 Å². The summed E-state index contributed by atoms with van der Waals surface area (Å²) in [5.74, 6) is -2.26. The number of hydrogen-bond donors (Lipinski definition) is 2. The van der Waals surface area contributed by atoms with Gasteiger partial charge in [-0.2, -0.15) is 18.3 Å². The maximum atomic E-state index is 15.2. The predicted octanol–water partition coefficient (Wildman–Crippen LogP) is 4.65. The van der Waals surface area contributed by atoms with E-state index in [4.69, 9.17) is 4.74 Å². The zero-order chi connectivity index (χ0) is 24.8. The molecule has 0 radical (unpaired) electrons. The van der Waals surface area contributed by atoms with Crippen LogP contribution in [0.2, 0.25) is 0 Å². The standard InChI is InChI=1S/C21H21F4N5O3S2/c22-14-10-13-16(30-6-2-12(21(23,24)25)9-17(30)15-1-4-27-28-15)3-7-33-18(13)11-19(14)35(31,32)29-20-26-5-8-34-20/h1,4-5,8,10-12,16-17H,2-3,6-7,9H2,(H,26,29)(H,27,28)/t12-,16+,17+/m0/s1. The molecule has 3 atom stereocenters. The second-order valence-electron chi connectivity index (χ2n) is 8.44. The van der Waals surface area contributed by atoms with Crippen LogP contribution in [0.1, 0.15) is 42.6 Å². The van der Waals surface area contributed by atoms with Crippen LogP contribution in [-0.2, 0) is 10.0 Å². The number of rotatable bonds is 5. The van der Waals surface area contributed by atoms with Crippen LogP contribution in [0, 0.1) is 11.7 Å². The van der Waals surface area contributed by atoms with E-state index in [1.807, 2.05) is 4.90 Å². The van der Waals surface area contributed by atoms with Gasteiger partial charge in [0.1, 0.15) is 16.5 Å². The van der Waals surface area contributed by atoms with Crippen molar-refractivity contribution in [3.63, 3.8) is 0 Å². The summed E-state index contributed by atoms with van der Waals surface area (Å²) in [5, 5.41) is 8.34. The molecule has 2 N–H and O–H groups in total. The summed E-state index contributed by atoms with van der Waals surface area (Å²) in [5.41, 5.74) is 0.941. The van der Waals surface area contributed by atoms with Gasteiger partial charge in [0.05, 0.1) is 24.3 Å².